The summed E-state index contributed by atoms with van der Waals surface area (Å²) in [5.41, 5.74) is 1.76. The number of rotatable bonds is 4. The first-order valence-electron chi connectivity index (χ1n) is 8.70. The van der Waals surface area contributed by atoms with E-state index in [2.05, 4.69) is 12.1 Å². The van der Waals surface area contributed by atoms with Crippen molar-refractivity contribution >= 4 is 11.6 Å². The van der Waals surface area contributed by atoms with Crippen molar-refractivity contribution in [2.24, 2.45) is 0 Å². The maximum Gasteiger partial charge on any atom is 0.273 e. The van der Waals surface area contributed by atoms with Gasteiger partial charge in [-0.3, -0.25) is 14.9 Å². The number of carbonyl (C=O) groups excluding carboxylic acids is 1. The van der Waals surface area contributed by atoms with Gasteiger partial charge in [-0.2, -0.15) is 0 Å². The molecule has 0 bridgehead atoms. The molecule has 1 atom stereocenters. The molecule has 5 nitrogen and oxygen atoms in total. The maximum absolute atomic E-state index is 12.8. The van der Waals surface area contributed by atoms with E-state index in [1.165, 1.54) is 11.6 Å². The lowest BCUT2D eigenvalue weighted by Crippen LogP contribution is -2.35. The summed E-state index contributed by atoms with van der Waals surface area (Å²) in [6, 6.07) is 16.8. The molecule has 25 heavy (non-hydrogen) atoms. The fourth-order valence-electron chi connectivity index (χ4n) is 3.48. The molecule has 5 heteroatoms. The molecule has 2 aromatic rings. The van der Waals surface area contributed by atoms with E-state index in [4.69, 9.17) is 0 Å². The molecule has 1 amide bonds. The largest absolute Gasteiger partial charge is 0.342 e. The fraction of sp³-hybridized carbons (Fsp3) is 0.350. The molecule has 0 spiro atoms. The van der Waals surface area contributed by atoms with Crippen LogP contribution < -0.4 is 0 Å². The normalized spacial score (nSPS) is 17.8. The number of amides is 1. The van der Waals surface area contributed by atoms with Crippen LogP contribution in [0, 0.1) is 10.1 Å². The van der Waals surface area contributed by atoms with Gasteiger partial charge in [0.25, 0.3) is 5.69 Å². The highest BCUT2D eigenvalue weighted by atomic mass is 16.6. The number of hydrogen-bond donors (Lipinski definition) is 0. The highest BCUT2D eigenvalue weighted by Crippen LogP contribution is 2.27. The van der Waals surface area contributed by atoms with E-state index in [0.717, 1.165) is 25.8 Å². The minimum atomic E-state index is -0.419. The zero-order chi connectivity index (χ0) is 17.6. The molecule has 130 valence electrons. The van der Waals surface area contributed by atoms with Crippen molar-refractivity contribution in [3.05, 3.63) is 75.8 Å². The van der Waals surface area contributed by atoms with Crippen molar-refractivity contribution in [3.63, 3.8) is 0 Å². The number of carbonyl (C=O) groups is 1. The second-order valence-electron chi connectivity index (χ2n) is 6.51. The molecule has 1 saturated heterocycles. The Bertz CT molecular complexity index is 746. The van der Waals surface area contributed by atoms with Gasteiger partial charge in [0.05, 0.1) is 11.3 Å². The molecule has 3 rings (SSSR count). The van der Waals surface area contributed by atoms with Crippen LogP contribution in [0.3, 0.4) is 0 Å². The number of para-hydroxylation sites is 1. The standard InChI is InChI=1S/C20H22N2O3/c23-20(14-17-10-4-5-12-19(17)22(24)25)21-13-7-6-11-18(15-21)16-8-2-1-3-9-16/h1-5,8-10,12,18H,6-7,11,13-15H2. The molecule has 1 aliphatic rings. The highest BCUT2D eigenvalue weighted by Gasteiger charge is 2.25. The zero-order valence-electron chi connectivity index (χ0n) is 14.1. The van der Waals surface area contributed by atoms with Gasteiger partial charge in [0, 0.05) is 30.6 Å². The Morgan fingerprint density at radius 1 is 1.08 bits per heavy atom. The minimum Gasteiger partial charge on any atom is -0.342 e. The summed E-state index contributed by atoms with van der Waals surface area (Å²) in [5.74, 6) is 0.301. The predicted molar refractivity (Wildman–Crippen MR) is 96.4 cm³/mol. The van der Waals surface area contributed by atoms with E-state index in [0.29, 0.717) is 18.0 Å². The Labute approximate surface area is 147 Å². The Balaban J connectivity index is 1.74. The van der Waals surface area contributed by atoms with Crippen LogP contribution in [0.15, 0.2) is 54.6 Å². The van der Waals surface area contributed by atoms with Gasteiger partial charge in [-0.15, -0.1) is 0 Å². The summed E-state index contributed by atoms with van der Waals surface area (Å²) < 4.78 is 0. The van der Waals surface area contributed by atoms with Crippen LogP contribution in [0.25, 0.3) is 0 Å². The second kappa shape index (κ2) is 7.92. The molecule has 0 N–H and O–H groups in total. The number of nitro groups is 1. The third-order valence-corrected chi connectivity index (χ3v) is 4.83. The van der Waals surface area contributed by atoms with E-state index in [1.807, 2.05) is 23.1 Å². The average molecular weight is 338 g/mol. The first-order chi connectivity index (χ1) is 12.1. The molecule has 0 saturated carbocycles. The van der Waals surface area contributed by atoms with Crippen LogP contribution in [0.5, 0.6) is 0 Å². The van der Waals surface area contributed by atoms with Crippen molar-refractivity contribution in [2.75, 3.05) is 13.1 Å². The summed E-state index contributed by atoms with van der Waals surface area (Å²) >= 11 is 0. The Morgan fingerprint density at radius 2 is 1.80 bits per heavy atom. The summed E-state index contributed by atoms with van der Waals surface area (Å²) in [6.45, 7) is 1.41. The Morgan fingerprint density at radius 3 is 2.56 bits per heavy atom. The van der Waals surface area contributed by atoms with E-state index < -0.39 is 4.92 Å². The topological polar surface area (TPSA) is 63.4 Å². The molecule has 0 aliphatic carbocycles. The van der Waals surface area contributed by atoms with E-state index in [1.54, 1.807) is 18.2 Å². The van der Waals surface area contributed by atoms with Gasteiger partial charge in [0.15, 0.2) is 0 Å². The lowest BCUT2D eigenvalue weighted by molar-refractivity contribution is -0.385. The summed E-state index contributed by atoms with van der Waals surface area (Å²) in [7, 11) is 0. The molecule has 2 aromatic carbocycles. The van der Waals surface area contributed by atoms with Gasteiger partial charge in [-0.25, -0.2) is 0 Å². The molecule has 1 aliphatic heterocycles. The third-order valence-electron chi connectivity index (χ3n) is 4.83. The van der Waals surface area contributed by atoms with Gasteiger partial charge in [-0.1, -0.05) is 55.0 Å². The number of nitrogens with zero attached hydrogens (tertiary/aromatic N) is 2. The second-order valence-corrected chi connectivity index (χ2v) is 6.51. The first-order valence-corrected chi connectivity index (χ1v) is 8.70. The van der Waals surface area contributed by atoms with Crippen LogP contribution in [-0.2, 0) is 11.2 Å². The average Bonchev–Trinajstić information content (AvgIpc) is 2.89. The molecular formula is C20H22N2O3. The number of nitro benzene ring substituents is 1. The Kier molecular flexibility index (Phi) is 5.43. The molecule has 1 fully saturated rings. The smallest absolute Gasteiger partial charge is 0.273 e. The van der Waals surface area contributed by atoms with Crippen molar-refractivity contribution in [2.45, 2.75) is 31.6 Å². The van der Waals surface area contributed by atoms with Crippen molar-refractivity contribution in [1.29, 1.82) is 0 Å². The van der Waals surface area contributed by atoms with Crippen LogP contribution in [0.4, 0.5) is 5.69 Å². The summed E-state index contributed by atoms with van der Waals surface area (Å²) in [5, 5.41) is 11.2. The van der Waals surface area contributed by atoms with E-state index in [-0.39, 0.29) is 18.0 Å². The third kappa shape index (κ3) is 4.24. The van der Waals surface area contributed by atoms with Gasteiger partial charge in [0.1, 0.15) is 0 Å². The molecule has 0 radical (unpaired) electrons. The maximum atomic E-state index is 12.8. The van der Waals surface area contributed by atoms with Crippen LogP contribution in [-0.4, -0.2) is 28.8 Å². The van der Waals surface area contributed by atoms with Crippen molar-refractivity contribution < 1.29 is 9.72 Å². The van der Waals surface area contributed by atoms with Crippen molar-refractivity contribution in [1.82, 2.24) is 4.90 Å². The lowest BCUT2D eigenvalue weighted by atomic mass is 9.94. The summed E-state index contributed by atoms with van der Waals surface area (Å²) in [4.78, 5) is 25.4. The Hall–Kier alpha value is -2.69. The van der Waals surface area contributed by atoms with Crippen LogP contribution in [0.1, 0.15) is 36.3 Å². The monoisotopic (exact) mass is 338 g/mol. The number of hydrogen-bond acceptors (Lipinski definition) is 3. The van der Waals surface area contributed by atoms with Crippen molar-refractivity contribution in [3.8, 4) is 0 Å². The van der Waals surface area contributed by atoms with Crippen LogP contribution >= 0.6 is 0 Å². The number of benzene rings is 2. The molecule has 1 unspecified atom stereocenters. The van der Waals surface area contributed by atoms with Gasteiger partial charge < -0.3 is 4.90 Å². The van der Waals surface area contributed by atoms with Gasteiger partial charge >= 0.3 is 0 Å². The number of likely N-dealkylation sites (tertiary alicyclic amines) is 1. The van der Waals surface area contributed by atoms with Crippen LogP contribution in [0.2, 0.25) is 0 Å². The highest BCUT2D eigenvalue weighted by molar-refractivity contribution is 5.80. The van der Waals surface area contributed by atoms with E-state index >= 15 is 0 Å². The quantitative estimate of drug-likeness (QED) is 0.627. The zero-order valence-corrected chi connectivity index (χ0v) is 14.1. The molecule has 0 aromatic heterocycles. The van der Waals surface area contributed by atoms with Gasteiger partial charge in [-0.05, 0) is 18.4 Å². The SMILES string of the molecule is O=C(Cc1ccccc1[N+](=O)[O-])N1CCCCC(c2ccccc2)C1. The fourth-order valence-corrected chi connectivity index (χ4v) is 3.48. The molecular weight excluding hydrogens is 316 g/mol. The summed E-state index contributed by atoms with van der Waals surface area (Å²) in [6.07, 6.45) is 3.22. The predicted octanol–water partition coefficient (Wildman–Crippen LogP) is 3.93. The first kappa shape index (κ1) is 17.1. The lowest BCUT2D eigenvalue weighted by Gasteiger charge is -2.25. The van der Waals surface area contributed by atoms with Gasteiger partial charge in [0.2, 0.25) is 5.91 Å². The minimum absolute atomic E-state index is 0.0188. The van der Waals surface area contributed by atoms with E-state index in [9.17, 15) is 14.9 Å². The molecule has 1 heterocycles.